The highest BCUT2D eigenvalue weighted by atomic mass is 16.5. The summed E-state index contributed by atoms with van der Waals surface area (Å²) in [6.07, 6.45) is 0. The van der Waals surface area contributed by atoms with Gasteiger partial charge in [0.05, 0.1) is 6.04 Å². The Bertz CT molecular complexity index is 687. The molecule has 0 fully saturated rings. The molecule has 0 bridgehead atoms. The lowest BCUT2D eigenvalue weighted by atomic mass is 10.0. The lowest BCUT2D eigenvalue weighted by molar-refractivity contribution is -0.123. The second kappa shape index (κ2) is 7.32. The first-order chi connectivity index (χ1) is 10.8. The van der Waals surface area contributed by atoms with Crippen molar-refractivity contribution in [2.45, 2.75) is 40.7 Å². The quantitative estimate of drug-likeness (QED) is 0.899. The fraction of sp³-hybridized carbons (Fsp3) is 0.350. The van der Waals surface area contributed by atoms with Gasteiger partial charge in [-0.3, -0.25) is 4.79 Å². The highest BCUT2D eigenvalue weighted by molar-refractivity contribution is 5.78. The Morgan fingerprint density at radius 2 is 1.65 bits per heavy atom. The second-order valence-electron chi connectivity index (χ2n) is 6.26. The van der Waals surface area contributed by atoms with Gasteiger partial charge < -0.3 is 10.1 Å². The van der Waals surface area contributed by atoms with Crippen molar-refractivity contribution in [1.82, 2.24) is 5.32 Å². The Labute approximate surface area is 138 Å². The standard InChI is InChI=1S/C20H25NO2/c1-13-6-7-19(16(4)9-13)17(5)21-20(22)12-23-18-10-14(2)8-15(3)11-18/h6-11,17H,12H2,1-5H3,(H,21,22). The maximum Gasteiger partial charge on any atom is 0.258 e. The van der Waals surface area contributed by atoms with E-state index in [-0.39, 0.29) is 18.6 Å². The molecule has 3 nitrogen and oxygen atoms in total. The fourth-order valence-electron chi connectivity index (χ4n) is 2.84. The lowest BCUT2D eigenvalue weighted by Gasteiger charge is -2.17. The maximum absolute atomic E-state index is 12.1. The normalized spacial score (nSPS) is 11.9. The molecule has 0 aliphatic carbocycles. The Morgan fingerprint density at radius 3 is 2.26 bits per heavy atom. The first-order valence-electron chi connectivity index (χ1n) is 7.93. The topological polar surface area (TPSA) is 38.3 Å². The Morgan fingerprint density at radius 1 is 1.00 bits per heavy atom. The molecule has 3 heteroatoms. The minimum Gasteiger partial charge on any atom is -0.484 e. The van der Waals surface area contributed by atoms with Gasteiger partial charge in [-0.05, 0) is 69.0 Å². The number of aryl methyl sites for hydroxylation is 4. The summed E-state index contributed by atoms with van der Waals surface area (Å²) >= 11 is 0. The van der Waals surface area contributed by atoms with Crippen LogP contribution in [0, 0.1) is 27.7 Å². The van der Waals surface area contributed by atoms with Crippen molar-refractivity contribution < 1.29 is 9.53 Å². The van der Waals surface area contributed by atoms with Crippen LogP contribution < -0.4 is 10.1 Å². The van der Waals surface area contributed by atoms with Crippen molar-refractivity contribution in [1.29, 1.82) is 0 Å². The van der Waals surface area contributed by atoms with E-state index >= 15 is 0 Å². The molecule has 2 rings (SSSR count). The van der Waals surface area contributed by atoms with Crippen LogP contribution in [0.5, 0.6) is 5.75 Å². The zero-order chi connectivity index (χ0) is 17.0. The van der Waals surface area contributed by atoms with Crippen LogP contribution in [-0.4, -0.2) is 12.5 Å². The van der Waals surface area contributed by atoms with Crippen LogP contribution in [0.1, 0.15) is 40.8 Å². The molecule has 0 aliphatic rings. The third kappa shape index (κ3) is 4.85. The van der Waals surface area contributed by atoms with E-state index in [4.69, 9.17) is 4.74 Å². The van der Waals surface area contributed by atoms with Crippen molar-refractivity contribution in [2.75, 3.05) is 6.61 Å². The number of ether oxygens (including phenoxy) is 1. The Kier molecular flexibility index (Phi) is 5.43. The molecule has 0 saturated heterocycles. The van der Waals surface area contributed by atoms with Gasteiger partial charge in [-0.1, -0.05) is 29.8 Å². The molecule has 1 unspecified atom stereocenters. The first-order valence-corrected chi connectivity index (χ1v) is 7.93. The number of hydrogen-bond donors (Lipinski definition) is 1. The van der Waals surface area contributed by atoms with Gasteiger partial charge in [0.25, 0.3) is 5.91 Å². The van der Waals surface area contributed by atoms with Gasteiger partial charge in [0.1, 0.15) is 5.75 Å². The molecule has 2 aromatic rings. The zero-order valence-electron chi connectivity index (χ0n) is 14.6. The van der Waals surface area contributed by atoms with Crippen LogP contribution in [0.3, 0.4) is 0 Å². The van der Waals surface area contributed by atoms with E-state index in [0.29, 0.717) is 0 Å². The third-order valence-corrected chi connectivity index (χ3v) is 3.83. The van der Waals surface area contributed by atoms with E-state index in [1.54, 1.807) is 0 Å². The molecule has 23 heavy (non-hydrogen) atoms. The molecule has 0 aliphatic heterocycles. The first kappa shape index (κ1) is 17.1. The van der Waals surface area contributed by atoms with Crippen molar-refractivity contribution in [3.8, 4) is 5.75 Å². The summed E-state index contributed by atoms with van der Waals surface area (Å²) in [7, 11) is 0. The average molecular weight is 311 g/mol. The average Bonchev–Trinajstić information content (AvgIpc) is 2.44. The third-order valence-electron chi connectivity index (χ3n) is 3.83. The van der Waals surface area contributed by atoms with E-state index in [2.05, 4.69) is 43.4 Å². The van der Waals surface area contributed by atoms with Gasteiger partial charge in [-0.25, -0.2) is 0 Å². The van der Waals surface area contributed by atoms with Gasteiger partial charge in [-0.15, -0.1) is 0 Å². The summed E-state index contributed by atoms with van der Waals surface area (Å²) in [5.41, 5.74) is 5.81. The highest BCUT2D eigenvalue weighted by Gasteiger charge is 2.12. The van der Waals surface area contributed by atoms with E-state index in [9.17, 15) is 4.79 Å². The lowest BCUT2D eigenvalue weighted by Crippen LogP contribution is -2.31. The summed E-state index contributed by atoms with van der Waals surface area (Å²) < 4.78 is 5.60. The van der Waals surface area contributed by atoms with Crippen LogP contribution in [-0.2, 0) is 4.79 Å². The number of carbonyl (C=O) groups is 1. The minimum absolute atomic E-state index is 0.0259. The Balaban J connectivity index is 1.93. The molecule has 2 aromatic carbocycles. The number of rotatable bonds is 5. The molecular weight excluding hydrogens is 286 g/mol. The predicted octanol–water partition coefficient (Wildman–Crippen LogP) is 4.18. The second-order valence-corrected chi connectivity index (χ2v) is 6.26. The highest BCUT2D eigenvalue weighted by Crippen LogP contribution is 2.19. The maximum atomic E-state index is 12.1. The molecule has 1 atom stereocenters. The van der Waals surface area contributed by atoms with Crippen LogP contribution in [0.2, 0.25) is 0 Å². The van der Waals surface area contributed by atoms with E-state index < -0.39 is 0 Å². The van der Waals surface area contributed by atoms with Crippen molar-refractivity contribution >= 4 is 5.91 Å². The van der Waals surface area contributed by atoms with Crippen molar-refractivity contribution in [2.24, 2.45) is 0 Å². The van der Waals surface area contributed by atoms with Crippen molar-refractivity contribution in [3.63, 3.8) is 0 Å². The number of benzene rings is 2. The number of hydrogen-bond acceptors (Lipinski definition) is 2. The molecular formula is C20H25NO2. The summed E-state index contributed by atoms with van der Waals surface area (Å²) in [5.74, 6) is 0.619. The van der Waals surface area contributed by atoms with Gasteiger partial charge in [0.15, 0.2) is 6.61 Å². The number of carbonyl (C=O) groups excluding carboxylic acids is 1. The molecule has 1 N–H and O–H groups in total. The molecule has 0 saturated carbocycles. The van der Waals surface area contributed by atoms with Gasteiger partial charge in [-0.2, -0.15) is 0 Å². The van der Waals surface area contributed by atoms with E-state index in [1.807, 2.05) is 32.9 Å². The molecule has 0 spiro atoms. The van der Waals surface area contributed by atoms with Gasteiger partial charge in [0, 0.05) is 0 Å². The summed E-state index contributed by atoms with van der Waals surface area (Å²) in [6.45, 7) is 10.2. The van der Waals surface area contributed by atoms with Crippen LogP contribution >= 0.6 is 0 Å². The van der Waals surface area contributed by atoms with Crippen LogP contribution in [0.15, 0.2) is 36.4 Å². The van der Waals surface area contributed by atoms with E-state index in [0.717, 1.165) is 22.4 Å². The number of nitrogens with one attached hydrogen (secondary N) is 1. The fourth-order valence-corrected chi connectivity index (χ4v) is 2.84. The van der Waals surface area contributed by atoms with Gasteiger partial charge in [0.2, 0.25) is 0 Å². The summed E-state index contributed by atoms with van der Waals surface area (Å²) in [4.78, 5) is 12.1. The SMILES string of the molecule is Cc1cc(C)cc(OCC(=O)NC(C)c2ccc(C)cc2C)c1. The van der Waals surface area contributed by atoms with Crippen molar-refractivity contribution in [3.05, 3.63) is 64.2 Å². The minimum atomic E-state index is -0.114. The van der Waals surface area contributed by atoms with Crippen LogP contribution in [0.4, 0.5) is 0 Å². The van der Waals surface area contributed by atoms with Crippen LogP contribution in [0.25, 0.3) is 0 Å². The van der Waals surface area contributed by atoms with E-state index in [1.165, 1.54) is 11.1 Å². The van der Waals surface area contributed by atoms with Gasteiger partial charge >= 0.3 is 0 Å². The molecule has 0 heterocycles. The molecule has 122 valence electrons. The largest absolute Gasteiger partial charge is 0.484 e. The molecule has 0 radical (unpaired) electrons. The monoisotopic (exact) mass is 311 g/mol. The zero-order valence-corrected chi connectivity index (χ0v) is 14.6. The summed E-state index contributed by atoms with van der Waals surface area (Å²) in [5, 5.41) is 2.99. The predicted molar refractivity (Wildman–Crippen MR) is 93.9 cm³/mol. The Hall–Kier alpha value is -2.29. The molecule has 0 aromatic heterocycles. The smallest absolute Gasteiger partial charge is 0.258 e. The number of amides is 1. The molecule has 1 amide bonds. The summed E-state index contributed by atoms with van der Waals surface area (Å²) in [6, 6.07) is 12.2.